The molecule has 0 saturated carbocycles. The Kier molecular flexibility index (Phi) is 4.44. The minimum absolute atomic E-state index is 0.0621. The van der Waals surface area contributed by atoms with Crippen LogP contribution in [0.2, 0.25) is 0 Å². The molecule has 1 aromatic rings. The second kappa shape index (κ2) is 6.13. The maximum atomic E-state index is 12.3. The second-order valence-corrected chi connectivity index (χ2v) is 5.64. The number of carbonyl (C=O) groups is 2. The molecule has 2 rings (SSSR count). The van der Waals surface area contributed by atoms with Gasteiger partial charge in [-0.15, -0.1) is 0 Å². The number of amides is 2. The van der Waals surface area contributed by atoms with Gasteiger partial charge in [0.05, 0.1) is 0 Å². The van der Waals surface area contributed by atoms with Crippen molar-refractivity contribution in [1.29, 1.82) is 0 Å². The van der Waals surface area contributed by atoms with Crippen molar-refractivity contribution in [3.63, 3.8) is 0 Å². The monoisotopic (exact) mass is 308 g/mol. The van der Waals surface area contributed by atoms with Crippen molar-refractivity contribution in [2.24, 2.45) is 5.92 Å². The molecule has 2 amide bonds. The van der Waals surface area contributed by atoms with E-state index < -0.39 is 17.2 Å². The molecule has 0 aliphatic carbocycles. The molecular formula is C15H20N2O5. The molecule has 7 heteroatoms. The topological polar surface area (TPSA) is 101 Å². The third-order valence-electron chi connectivity index (χ3n) is 3.69. The molecule has 1 saturated heterocycles. The molecule has 1 aromatic carbocycles. The lowest BCUT2D eigenvalue weighted by Gasteiger charge is -2.35. The van der Waals surface area contributed by atoms with E-state index in [2.05, 4.69) is 0 Å². The van der Waals surface area contributed by atoms with E-state index >= 15 is 0 Å². The smallest absolute Gasteiger partial charge is 0.254 e. The molecule has 3 N–H and O–H groups in total. The molecule has 0 unspecified atom stereocenters. The van der Waals surface area contributed by atoms with Crippen LogP contribution in [0.5, 0.6) is 17.2 Å². The number of carbonyl (C=O) groups excluding carboxylic acids is 2. The number of hydrogen-bond acceptors (Lipinski definition) is 5. The number of phenols is 3. The average molecular weight is 308 g/mol. The molecule has 1 fully saturated rings. The number of nitrogens with zero attached hydrogens (tertiary/aromatic N) is 2. The summed E-state index contributed by atoms with van der Waals surface area (Å²) in [5.41, 5.74) is 0.0939. The van der Waals surface area contributed by atoms with Crippen LogP contribution in [0.1, 0.15) is 24.2 Å². The predicted octanol–water partition coefficient (Wildman–Crippen LogP) is 0.744. The Morgan fingerprint density at radius 3 is 1.86 bits per heavy atom. The van der Waals surface area contributed by atoms with Crippen LogP contribution in [0.4, 0.5) is 0 Å². The van der Waals surface area contributed by atoms with E-state index in [-0.39, 0.29) is 23.3 Å². The summed E-state index contributed by atoms with van der Waals surface area (Å²) < 4.78 is 0. The Labute approximate surface area is 128 Å². The summed E-state index contributed by atoms with van der Waals surface area (Å²) in [6.45, 7) is 5.36. The Bertz CT molecular complexity index is 569. The van der Waals surface area contributed by atoms with Crippen LogP contribution in [0, 0.1) is 5.92 Å². The van der Waals surface area contributed by atoms with E-state index in [4.69, 9.17) is 0 Å². The average Bonchev–Trinajstić information content (AvgIpc) is 2.50. The van der Waals surface area contributed by atoms with Crippen LogP contribution < -0.4 is 0 Å². The first-order valence-electron chi connectivity index (χ1n) is 7.14. The van der Waals surface area contributed by atoms with E-state index in [0.29, 0.717) is 26.2 Å². The van der Waals surface area contributed by atoms with E-state index in [0.717, 1.165) is 12.1 Å². The molecule has 7 nitrogen and oxygen atoms in total. The van der Waals surface area contributed by atoms with Gasteiger partial charge in [0, 0.05) is 37.7 Å². The number of phenolic OH excluding ortho intramolecular Hbond substituents is 3. The number of aromatic hydroxyl groups is 3. The Morgan fingerprint density at radius 2 is 1.41 bits per heavy atom. The summed E-state index contributed by atoms with van der Waals surface area (Å²) in [6, 6.07) is 2.23. The highest BCUT2D eigenvalue weighted by atomic mass is 16.3. The van der Waals surface area contributed by atoms with Gasteiger partial charge < -0.3 is 25.1 Å². The maximum Gasteiger partial charge on any atom is 0.254 e. The zero-order valence-electron chi connectivity index (χ0n) is 12.6. The van der Waals surface area contributed by atoms with Crippen molar-refractivity contribution in [2.45, 2.75) is 13.8 Å². The third kappa shape index (κ3) is 3.08. The van der Waals surface area contributed by atoms with E-state index in [1.807, 2.05) is 13.8 Å². The first-order chi connectivity index (χ1) is 10.3. The lowest BCUT2D eigenvalue weighted by atomic mass is 10.1. The summed E-state index contributed by atoms with van der Waals surface area (Å²) in [5.74, 6) is -2.11. The van der Waals surface area contributed by atoms with Gasteiger partial charge in [-0.1, -0.05) is 13.8 Å². The van der Waals surface area contributed by atoms with Crippen molar-refractivity contribution in [3.8, 4) is 17.2 Å². The fourth-order valence-electron chi connectivity index (χ4n) is 2.41. The molecular weight excluding hydrogens is 288 g/mol. The molecule has 22 heavy (non-hydrogen) atoms. The van der Waals surface area contributed by atoms with E-state index in [9.17, 15) is 24.9 Å². The lowest BCUT2D eigenvalue weighted by Crippen LogP contribution is -2.51. The standard InChI is InChI=1S/C15H20N2O5/c1-9(2)14(21)16-3-5-17(6-4-16)15(22)10-7-11(18)13(20)12(19)8-10/h7-9,18-20H,3-6H2,1-2H3. The minimum atomic E-state index is -0.649. The highest BCUT2D eigenvalue weighted by molar-refractivity contribution is 5.95. The SMILES string of the molecule is CC(C)C(=O)N1CCN(C(=O)c2cc(O)c(O)c(O)c2)CC1. The van der Waals surface area contributed by atoms with Crippen LogP contribution >= 0.6 is 0 Å². The molecule has 0 radical (unpaired) electrons. The number of rotatable bonds is 2. The Morgan fingerprint density at radius 1 is 0.955 bits per heavy atom. The minimum Gasteiger partial charge on any atom is -0.504 e. The quantitative estimate of drug-likeness (QED) is 0.700. The van der Waals surface area contributed by atoms with Gasteiger partial charge in [0.15, 0.2) is 17.2 Å². The predicted molar refractivity (Wildman–Crippen MR) is 78.8 cm³/mol. The van der Waals surface area contributed by atoms with Gasteiger partial charge in [-0.3, -0.25) is 9.59 Å². The summed E-state index contributed by atoms with van der Waals surface area (Å²) in [4.78, 5) is 27.5. The number of piperazine rings is 1. The van der Waals surface area contributed by atoms with Gasteiger partial charge in [0.25, 0.3) is 5.91 Å². The highest BCUT2D eigenvalue weighted by Crippen LogP contribution is 2.35. The second-order valence-electron chi connectivity index (χ2n) is 5.64. The molecule has 0 aromatic heterocycles. The van der Waals surface area contributed by atoms with Gasteiger partial charge in [-0.05, 0) is 12.1 Å². The van der Waals surface area contributed by atoms with Crippen molar-refractivity contribution in [2.75, 3.05) is 26.2 Å². The van der Waals surface area contributed by atoms with Crippen molar-refractivity contribution >= 4 is 11.8 Å². The van der Waals surface area contributed by atoms with Gasteiger partial charge >= 0.3 is 0 Å². The fourth-order valence-corrected chi connectivity index (χ4v) is 2.41. The molecule has 1 aliphatic heterocycles. The van der Waals surface area contributed by atoms with Crippen molar-refractivity contribution < 1.29 is 24.9 Å². The third-order valence-corrected chi connectivity index (χ3v) is 3.69. The number of hydrogen-bond donors (Lipinski definition) is 3. The summed E-state index contributed by atoms with van der Waals surface area (Å²) in [6.07, 6.45) is 0. The van der Waals surface area contributed by atoms with Crippen LogP contribution in [0.15, 0.2) is 12.1 Å². The maximum absolute atomic E-state index is 12.3. The molecule has 0 atom stereocenters. The van der Waals surface area contributed by atoms with Gasteiger partial charge in [0.1, 0.15) is 0 Å². The van der Waals surface area contributed by atoms with Gasteiger partial charge in [-0.25, -0.2) is 0 Å². The van der Waals surface area contributed by atoms with Gasteiger partial charge in [-0.2, -0.15) is 0 Å². The largest absolute Gasteiger partial charge is 0.504 e. The normalized spacial score (nSPS) is 15.2. The first-order valence-corrected chi connectivity index (χ1v) is 7.14. The summed E-state index contributed by atoms with van der Waals surface area (Å²) in [7, 11) is 0. The number of benzene rings is 1. The Balaban J connectivity index is 2.05. The van der Waals surface area contributed by atoms with Crippen molar-refractivity contribution in [1.82, 2.24) is 9.80 Å². The molecule has 1 aliphatic rings. The van der Waals surface area contributed by atoms with Crippen molar-refractivity contribution in [3.05, 3.63) is 17.7 Å². The lowest BCUT2D eigenvalue weighted by molar-refractivity contribution is -0.135. The zero-order chi connectivity index (χ0) is 16.4. The molecule has 120 valence electrons. The molecule has 1 heterocycles. The van der Waals surface area contributed by atoms with Crippen LogP contribution in [-0.2, 0) is 4.79 Å². The highest BCUT2D eigenvalue weighted by Gasteiger charge is 2.26. The summed E-state index contributed by atoms with van der Waals surface area (Å²) in [5, 5.41) is 28.2. The van der Waals surface area contributed by atoms with E-state index in [1.165, 1.54) is 0 Å². The first kappa shape index (κ1) is 15.9. The summed E-state index contributed by atoms with van der Waals surface area (Å²) >= 11 is 0. The van der Waals surface area contributed by atoms with E-state index in [1.54, 1.807) is 9.80 Å². The van der Waals surface area contributed by atoms with Crippen LogP contribution in [0.25, 0.3) is 0 Å². The van der Waals surface area contributed by atoms with Crippen LogP contribution in [0.3, 0.4) is 0 Å². The Hall–Kier alpha value is -2.44. The zero-order valence-corrected chi connectivity index (χ0v) is 12.6. The van der Waals surface area contributed by atoms with Gasteiger partial charge in [0.2, 0.25) is 5.91 Å². The molecule has 0 bridgehead atoms. The molecule has 0 spiro atoms. The fraction of sp³-hybridized carbons (Fsp3) is 0.467. The van der Waals surface area contributed by atoms with Crippen LogP contribution in [-0.4, -0.2) is 63.1 Å².